The van der Waals surface area contributed by atoms with Gasteiger partial charge in [0.15, 0.2) is 0 Å². The molecule has 0 aromatic carbocycles. The second kappa shape index (κ2) is 5.68. The molecule has 0 amide bonds. The van der Waals surface area contributed by atoms with Crippen LogP contribution in [0.5, 0.6) is 0 Å². The maximum atomic E-state index is 10.5. The molecular formula is C14H28N2O. The van der Waals surface area contributed by atoms with Gasteiger partial charge >= 0.3 is 0 Å². The Bertz CT molecular complexity index is 230. The summed E-state index contributed by atoms with van der Waals surface area (Å²) in [6, 6.07) is 1.41. The Hall–Kier alpha value is -0.120. The summed E-state index contributed by atoms with van der Waals surface area (Å²) in [6.45, 7) is 7.37. The van der Waals surface area contributed by atoms with E-state index in [9.17, 15) is 5.11 Å². The fourth-order valence-corrected chi connectivity index (χ4v) is 2.83. The summed E-state index contributed by atoms with van der Waals surface area (Å²) in [7, 11) is 0. The van der Waals surface area contributed by atoms with Gasteiger partial charge in [0.2, 0.25) is 0 Å². The third-order valence-corrected chi connectivity index (χ3v) is 4.49. The number of aliphatic hydroxyl groups is 1. The number of nitrogens with one attached hydrogen (secondary N) is 1. The highest BCUT2D eigenvalue weighted by Gasteiger charge is 2.36. The van der Waals surface area contributed by atoms with Crippen LogP contribution in [0.1, 0.15) is 52.4 Å². The summed E-state index contributed by atoms with van der Waals surface area (Å²) < 4.78 is 0. The van der Waals surface area contributed by atoms with E-state index < -0.39 is 5.60 Å². The Morgan fingerprint density at radius 2 is 1.94 bits per heavy atom. The standard InChI is InChI=1S/C14H28N2O/c1-3-14(17,4-2)11-16(13-7-8-13)10-12-6-5-9-15-12/h12-13,15,17H,3-11H2,1-2H3. The van der Waals surface area contributed by atoms with Gasteiger partial charge in [-0.05, 0) is 45.1 Å². The smallest absolute Gasteiger partial charge is 0.0769 e. The molecule has 0 aromatic rings. The molecule has 3 heteroatoms. The number of rotatable bonds is 7. The molecule has 0 aromatic heterocycles. The highest BCUT2D eigenvalue weighted by molar-refractivity contribution is 4.92. The SMILES string of the molecule is CCC(O)(CC)CN(CC1CCCN1)C1CC1. The summed E-state index contributed by atoms with van der Waals surface area (Å²) >= 11 is 0. The van der Waals surface area contributed by atoms with Gasteiger partial charge in [0, 0.05) is 25.2 Å². The van der Waals surface area contributed by atoms with E-state index in [-0.39, 0.29) is 0 Å². The molecule has 0 radical (unpaired) electrons. The Morgan fingerprint density at radius 1 is 1.24 bits per heavy atom. The lowest BCUT2D eigenvalue weighted by molar-refractivity contribution is -0.00750. The van der Waals surface area contributed by atoms with Crippen molar-refractivity contribution in [1.82, 2.24) is 10.2 Å². The quantitative estimate of drug-likeness (QED) is 0.712. The normalized spacial score (nSPS) is 25.8. The number of nitrogens with zero attached hydrogens (tertiary/aromatic N) is 1. The van der Waals surface area contributed by atoms with Crippen molar-refractivity contribution in [2.75, 3.05) is 19.6 Å². The highest BCUT2D eigenvalue weighted by atomic mass is 16.3. The van der Waals surface area contributed by atoms with Gasteiger partial charge in [0.05, 0.1) is 5.60 Å². The largest absolute Gasteiger partial charge is 0.389 e. The molecule has 2 aliphatic rings. The minimum absolute atomic E-state index is 0.471. The molecule has 1 saturated carbocycles. The van der Waals surface area contributed by atoms with Crippen LogP contribution in [0.3, 0.4) is 0 Å². The Kier molecular flexibility index (Phi) is 4.45. The van der Waals surface area contributed by atoms with Gasteiger partial charge in [-0.3, -0.25) is 4.90 Å². The second-order valence-electron chi connectivity index (χ2n) is 5.89. The van der Waals surface area contributed by atoms with Gasteiger partial charge in [-0.1, -0.05) is 13.8 Å². The summed E-state index contributed by atoms with van der Waals surface area (Å²) in [5, 5.41) is 14.1. The van der Waals surface area contributed by atoms with Crippen molar-refractivity contribution in [3.63, 3.8) is 0 Å². The minimum atomic E-state index is -0.471. The van der Waals surface area contributed by atoms with Crippen LogP contribution in [0.2, 0.25) is 0 Å². The molecule has 100 valence electrons. The van der Waals surface area contributed by atoms with E-state index in [0.717, 1.165) is 32.0 Å². The van der Waals surface area contributed by atoms with Crippen LogP contribution < -0.4 is 5.32 Å². The van der Waals surface area contributed by atoms with Gasteiger partial charge in [-0.15, -0.1) is 0 Å². The Balaban J connectivity index is 1.87. The zero-order valence-electron chi connectivity index (χ0n) is 11.4. The molecule has 2 fully saturated rings. The molecule has 2 N–H and O–H groups in total. The first-order valence-corrected chi connectivity index (χ1v) is 7.36. The molecule has 1 unspecified atom stereocenters. The third kappa shape index (κ3) is 3.67. The highest BCUT2D eigenvalue weighted by Crippen LogP contribution is 2.30. The summed E-state index contributed by atoms with van der Waals surface area (Å²) in [4.78, 5) is 2.54. The van der Waals surface area contributed by atoms with Gasteiger partial charge < -0.3 is 10.4 Å². The van der Waals surface area contributed by atoms with Crippen molar-refractivity contribution in [2.45, 2.75) is 70.1 Å². The van der Waals surface area contributed by atoms with Crippen molar-refractivity contribution in [2.24, 2.45) is 0 Å². The first-order valence-electron chi connectivity index (χ1n) is 7.36. The summed E-state index contributed by atoms with van der Waals surface area (Å²) in [6.07, 6.45) is 7.01. The molecule has 3 nitrogen and oxygen atoms in total. The maximum absolute atomic E-state index is 10.5. The average Bonchev–Trinajstić information content (AvgIpc) is 3.07. The van der Waals surface area contributed by atoms with E-state index >= 15 is 0 Å². The third-order valence-electron chi connectivity index (χ3n) is 4.49. The van der Waals surface area contributed by atoms with Gasteiger partial charge in [0.25, 0.3) is 0 Å². The lowest BCUT2D eigenvalue weighted by atomic mass is 9.96. The first-order chi connectivity index (χ1) is 8.17. The van der Waals surface area contributed by atoms with Crippen LogP contribution in [-0.2, 0) is 0 Å². The van der Waals surface area contributed by atoms with E-state index in [1.165, 1.54) is 32.2 Å². The average molecular weight is 240 g/mol. The van der Waals surface area contributed by atoms with E-state index in [0.29, 0.717) is 6.04 Å². The molecular weight excluding hydrogens is 212 g/mol. The lowest BCUT2D eigenvalue weighted by Gasteiger charge is -2.34. The fourth-order valence-electron chi connectivity index (χ4n) is 2.83. The molecule has 1 heterocycles. The number of hydrogen-bond donors (Lipinski definition) is 2. The fraction of sp³-hybridized carbons (Fsp3) is 1.00. The van der Waals surface area contributed by atoms with Crippen molar-refractivity contribution in [1.29, 1.82) is 0 Å². The minimum Gasteiger partial charge on any atom is -0.389 e. The molecule has 1 saturated heterocycles. The second-order valence-corrected chi connectivity index (χ2v) is 5.89. The molecule has 2 rings (SSSR count). The first kappa shape index (κ1) is 13.3. The van der Waals surface area contributed by atoms with E-state index in [2.05, 4.69) is 24.1 Å². The monoisotopic (exact) mass is 240 g/mol. The van der Waals surface area contributed by atoms with Gasteiger partial charge in [-0.2, -0.15) is 0 Å². The molecule has 1 aliphatic carbocycles. The predicted molar refractivity (Wildman–Crippen MR) is 71.2 cm³/mol. The van der Waals surface area contributed by atoms with Crippen molar-refractivity contribution >= 4 is 0 Å². The summed E-state index contributed by atoms with van der Waals surface area (Å²) in [5.74, 6) is 0. The van der Waals surface area contributed by atoms with E-state index in [1.807, 2.05) is 0 Å². The molecule has 0 spiro atoms. The van der Waals surface area contributed by atoms with Crippen molar-refractivity contribution < 1.29 is 5.11 Å². The topological polar surface area (TPSA) is 35.5 Å². The van der Waals surface area contributed by atoms with Crippen molar-refractivity contribution in [3.05, 3.63) is 0 Å². The Morgan fingerprint density at radius 3 is 2.41 bits per heavy atom. The molecule has 1 atom stereocenters. The van der Waals surface area contributed by atoms with Crippen LogP contribution in [-0.4, -0.2) is 47.3 Å². The van der Waals surface area contributed by atoms with Crippen molar-refractivity contribution in [3.8, 4) is 0 Å². The van der Waals surface area contributed by atoms with Crippen LogP contribution in [0.15, 0.2) is 0 Å². The van der Waals surface area contributed by atoms with Gasteiger partial charge in [-0.25, -0.2) is 0 Å². The zero-order valence-corrected chi connectivity index (χ0v) is 11.4. The summed E-state index contributed by atoms with van der Waals surface area (Å²) in [5.41, 5.74) is -0.471. The molecule has 1 aliphatic heterocycles. The van der Waals surface area contributed by atoms with Crippen LogP contribution in [0, 0.1) is 0 Å². The van der Waals surface area contributed by atoms with E-state index in [1.54, 1.807) is 0 Å². The van der Waals surface area contributed by atoms with Crippen LogP contribution in [0.25, 0.3) is 0 Å². The Labute approximate surface area is 106 Å². The predicted octanol–water partition coefficient (Wildman–Crippen LogP) is 1.75. The lowest BCUT2D eigenvalue weighted by Crippen LogP contribution is -2.47. The van der Waals surface area contributed by atoms with Gasteiger partial charge in [0.1, 0.15) is 0 Å². The molecule has 17 heavy (non-hydrogen) atoms. The maximum Gasteiger partial charge on any atom is 0.0769 e. The van der Waals surface area contributed by atoms with Crippen LogP contribution >= 0.6 is 0 Å². The van der Waals surface area contributed by atoms with Crippen LogP contribution in [0.4, 0.5) is 0 Å². The molecule has 0 bridgehead atoms. The number of hydrogen-bond acceptors (Lipinski definition) is 3. The van der Waals surface area contributed by atoms with E-state index in [4.69, 9.17) is 0 Å². The zero-order chi connectivity index (χ0) is 12.3.